The van der Waals surface area contributed by atoms with Crippen LogP contribution in [0.15, 0.2) is 6.07 Å². The standard InChI is InChI=1S/C16H22F3N3O/c1-6-9(3)15-21-11-8-10(16(17,18)19)14(23-7-2)12(20-4)13(11)22(15)5/h8-9,20H,6-7H2,1-5H3. The molecule has 1 aromatic carbocycles. The van der Waals surface area contributed by atoms with Gasteiger partial charge in [-0.1, -0.05) is 13.8 Å². The molecule has 0 bridgehead atoms. The molecule has 2 aromatic rings. The van der Waals surface area contributed by atoms with E-state index < -0.39 is 11.7 Å². The third-order valence-corrected chi connectivity index (χ3v) is 4.04. The van der Waals surface area contributed by atoms with Crippen LogP contribution in [0.3, 0.4) is 0 Å². The van der Waals surface area contributed by atoms with Gasteiger partial charge in [-0.2, -0.15) is 13.2 Å². The first-order valence-electron chi connectivity index (χ1n) is 7.67. The minimum absolute atomic E-state index is 0.152. The molecule has 0 fully saturated rings. The number of halogens is 3. The summed E-state index contributed by atoms with van der Waals surface area (Å²) in [4.78, 5) is 4.43. The minimum Gasteiger partial charge on any atom is -0.491 e. The van der Waals surface area contributed by atoms with Gasteiger partial charge in [0, 0.05) is 20.0 Å². The summed E-state index contributed by atoms with van der Waals surface area (Å²) in [7, 11) is 3.41. The third-order valence-electron chi connectivity index (χ3n) is 4.04. The van der Waals surface area contributed by atoms with Gasteiger partial charge in [0.2, 0.25) is 0 Å². The lowest BCUT2D eigenvalue weighted by Crippen LogP contribution is -2.11. The SMILES string of the molecule is CCOc1c(C(F)(F)F)cc2nc(C(C)CC)n(C)c2c1NC. The summed E-state index contributed by atoms with van der Waals surface area (Å²) in [6, 6.07) is 1.08. The Labute approximate surface area is 133 Å². The number of hydrogen-bond donors (Lipinski definition) is 1. The van der Waals surface area contributed by atoms with E-state index in [0.717, 1.165) is 18.3 Å². The lowest BCUT2D eigenvalue weighted by molar-refractivity contribution is -0.138. The minimum atomic E-state index is -4.50. The second-order valence-electron chi connectivity index (χ2n) is 5.52. The summed E-state index contributed by atoms with van der Waals surface area (Å²) in [5.74, 6) is 0.747. The number of anilines is 1. The molecule has 0 radical (unpaired) electrons. The number of hydrogen-bond acceptors (Lipinski definition) is 3. The number of nitrogens with zero attached hydrogens (tertiary/aromatic N) is 2. The van der Waals surface area contributed by atoms with Crippen molar-refractivity contribution in [1.29, 1.82) is 0 Å². The highest BCUT2D eigenvalue weighted by Gasteiger charge is 2.37. The van der Waals surface area contributed by atoms with Gasteiger partial charge in [0.05, 0.1) is 17.6 Å². The molecule has 0 aliphatic carbocycles. The maximum Gasteiger partial charge on any atom is 0.420 e. The van der Waals surface area contributed by atoms with E-state index in [9.17, 15) is 13.2 Å². The van der Waals surface area contributed by atoms with Gasteiger partial charge >= 0.3 is 6.18 Å². The van der Waals surface area contributed by atoms with Gasteiger partial charge in [0.1, 0.15) is 17.1 Å². The van der Waals surface area contributed by atoms with E-state index in [1.165, 1.54) is 0 Å². The van der Waals surface area contributed by atoms with Gasteiger partial charge in [0.25, 0.3) is 0 Å². The highest BCUT2D eigenvalue weighted by Crippen LogP contribution is 2.45. The van der Waals surface area contributed by atoms with Gasteiger partial charge in [-0.3, -0.25) is 0 Å². The van der Waals surface area contributed by atoms with Crippen LogP contribution < -0.4 is 10.1 Å². The molecule has 1 aromatic heterocycles. The molecule has 0 saturated carbocycles. The second kappa shape index (κ2) is 6.29. The fraction of sp³-hybridized carbons (Fsp3) is 0.562. The van der Waals surface area contributed by atoms with Crippen LogP contribution in [0.2, 0.25) is 0 Å². The molecular weight excluding hydrogens is 307 g/mol. The topological polar surface area (TPSA) is 39.1 Å². The molecule has 0 amide bonds. The van der Waals surface area contributed by atoms with Crippen molar-refractivity contribution in [2.45, 2.75) is 39.3 Å². The zero-order chi connectivity index (χ0) is 17.4. The van der Waals surface area contributed by atoms with Gasteiger partial charge in [-0.05, 0) is 19.4 Å². The molecule has 7 heteroatoms. The van der Waals surface area contributed by atoms with Crippen LogP contribution in [-0.2, 0) is 13.2 Å². The van der Waals surface area contributed by atoms with E-state index >= 15 is 0 Å². The molecule has 1 unspecified atom stereocenters. The average molecular weight is 329 g/mol. The Balaban J connectivity index is 2.87. The molecule has 0 spiro atoms. The van der Waals surface area contributed by atoms with Gasteiger partial charge < -0.3 is 14.6 Å². The molecule has 0 aliphatic rings. The Morgan fingerprint density at radius 2 is 2.00 bits per heavy atom. The Hall–Kier alpha value is -1.92. The summed E-state index contributed by atoms with van der Waals surface area (Å²) >= 11 is 0. The zero-order valence-corrected chi connectivity index (χ0v) is 14.0. The number of nitrogens with one attached hydrogen (secondary N) is 1. The van der Waals surface area contributed by atoms with E-state index in [-0.39, 0.29) is 18.3 Å². The van der Waals surface area contributed by atoms with Gasteiger partial charge in [-0.15, -0.1) is 0 Å². The summed E-state index contributed by atoms with van der Waals surface area (Å²) in [6.07, 6.45) is -3.64. The molecule has 2 rings (SSSR count). The first-order valence-corrected chi connectivity index (χ1v) is 7.67. The summed E-state index contributed by atoms with van der Waals surface area (Å²) in [5.41, 5.74) is 0.466. The van der Waals surface area contributed by atoms with E-state index in [4.69, 9.17) is 4.74 Å². The van der Waals surface area contributed by atoms with Crippen LogP contribution in [0.25, 0.3) is 11.0 Å². The van der Waals surface area contributed by atoms with Crippen LogP contribution in [-0.4, -0.2) is 23.2 Å². The molecule has 1 atom stereocenters. The molecule has 0 saturated heterocycles. The number of alkyl halides is 3. The first kappa shape index (κ1) is 17.4. The monoisotopic (exact) mass is 329 g/mol. The number of aromatic nitrogens is 2. The maximum absolute atomic E-state index is 13.4. The summed E-state index contributed by atoms with van der Waals surface area (Å²) < 4.78 is 47.4. The van der Waals surface area contributed by atoms with E-state index in [2.05, 4.69) is 10.3 Å². The van der Waals surface area contributed by atoms with Crippen LogP contribution in [0.4, 0.5) is 18.9 Å². The fourth-order valence-corrected chi connectivity index (χ4v) is 2.74. The van der Waals surface area contributed by atoms with Crippen LogP contribution in [0, 0.1) is 0 Å². The highest BCUT2D eigenvalue weighted by atomic mass is 19.4. The van der Waals surface area contributed by atoms with Gasteiger partial charge in [-0.25, -0.2) is 4.98 Å². The fourth-order valence-electron chi connectivity index (χ4n) is 2.74. The van der Waals surface area contributed by atoms with Crippen molar-refractivity contribution < 1.29 is 17.9 Å². The average Bonchev–Trinajstić information content (AvgIpc) is 2.82. The molecule has 1 heterocycles. The maximum atomic E-state index is 13.4. The molecule has 23 heavy (non-hydrogen) atoms. The predicted molar refractivity (Wildman–Crippen MR) is 85.1 cm³/mol. The number of imidazole rings is 1. The van der Waals surface area contributed by atoms with E-state index in [0.29, 0.717) is 16.7 Å². The van der Waals surface area contributed by atoms with Crippen molar-refractivity contribution in [3.05, 3.63) is 17.5 Å². The van der Waals surface area contributed by atoms with Crippen LogP contribution in [0.5, 0.6) is 5.75 Å². The molecule has 128 valence electrons. The zero-order valence-electron chi connectivity index (χ0n) is 14.0. The molecule has 1 N–H and O–H groups in total. The van der Waals surface area contributed by atoms with Crippen LogP contribution in [0.1, 0.15) is 44.5 Å². The highest BCUT2D eigenvalue weighted by molar-refractivity contribution is 5.94. The van der Waals surface area contributed by atoms with Gasteiger partial charge in [0.15, 0.2) is 5.75 Å². The Morgan fingerprint density at radius 3 is 2.48 bits per heavy atom. The molecule has 4 nitrogen and oxygen atoms in total. The van der Waals surface area contributed by atoms with Crippen molar-refractivity contribution in [1.82, 2.24) is 9.55 Å². The lowest BCUT2D eigenvalue weighted by atomic mass is 10.1. The largest absolute Gasteiger partial charge is 0.491 e. The number of fused-ring (bicyclic) bond motifs is 1. The van der Waals surface area contributed by atoms with Crippen LogP contribution >= 0.6 is 0 Å². The first-order chi connectivity index (χ1) is 10.8. The summed E-state index contributed by atoms with van der Waals surface area (Å²) in [5, 5.41) is 2.86. The number of aryl methyl sites for hydroxylation is 1. The van der Waals surface area contributed by atoms with E-state index in [1.807, 2.05) is 25.5 Å². The lowest BCUT2D eigenvalue weighted by Gasteiger charge is -2.18. The van der Waals surface area contributed by atoms with Crippen molar-refractivity contribution in [2.75, 3.05) is 19.0 Å². The van der Waals surface area contributed by atoms with Crippen molar-refractivity contribution in [2.24, 2.45) is 7.05 Å². The summed E-state index contributed by atoms with van der Waals surface area (Å²) in [6.45, 7) is 5.85. The quantitative estimate of drug-likeness (QED) is 0.875. The van der Waals surface area contributed by atoms with Crippen molar-refractivity contribution in [3.8, 4) is 5.75 Å². The van der Waals surface area contributed by atoms with Crippen molar-refractivity contribution >= 4 is 16.7 Å². The molecule has 0 aliphatic heterocycles. The Bertz CT molecular complexity index is 707. The Morgan fingerprint density at radius 1 is 1.35 bits per heavy atom. The van der Waals surface area contributed by atoms with E-state index in [1.54, 1.807) is 14.0 Å². The Kier molecular flexibility index (Phi) is 4.77. The second-order valence-corrected chi connectivity index (χ2v) is 5.52. The third kappa shape index (κ3) is 2.96. The normalized spacial score (nSPS) is 13.4. The number of ether oxygens (including phenoxy) is 1. The molecular formula is C16H22F3N3O. The number of rotatable bonds is 5. The van der Waals surface area contributed by atoms with Crippen molar-refractivity contribution in [3.63, 3.8) is 0 Å². The smallest absolute Gasteiger partial charge is 0.420 e. The predicted octanol–water partition coefficient (Wildman–Crippen LogP) is 4.55. The number of benzene rings is 1.